The van der Waals surface area contributed by atoms with E-state index in [0.29, 0.717) is 5.69 Å². The molecule has 0 saturated carbocycles. The van der Waals surface area contributed by atoms with Crippen molar-refractivity contribution in [2.24, 2.45) is 0 Å². The Bertz CT molecular complexity index is 777. The Morgan fingerprint density at radius 1 is 1.14 bits per heavy atom. The molecular weight excluding hydrogens is 272 g/mol. The lowest BCUT2D eigenvalue weighted by molar-refractivity contribution is 0.0698. The number of aromatic nitrogens is 1. The number of hydrogen-bond acceptors (Lipinski definition) is 3. The normalized spacial score (nSPS) is 10.2. The monoisotopic (exact) mass is 286 g/mol. The van der Waals surface area contributed by atoms with Crippen LogP contribution in [0.1, 0.15) is 32.0 Å². The molecule has 2 aromatic rings. The highest BCUT2D eigenvalue weighted by Gasteiger charge is 2.15. The van der Waals surface area contributed by atoms with Gasteiger partial charge >= 0.3 is 5.97 Å². The first kappa shape index (κ1) is 14.5. The quantitative estimate of drug-likeness (QED) is 0.802. The zero-order valence-corrected chi connectivity index (χ0v) is 11.6. The molecule has 0 saturated heterocycles. The van der Waals surface area contributed by atoms with Crippen molar-refractivity contribution < 1.29 is 14.7 Å². The third kappa shape index (κ3) is 3.17. The van der Waals surface area contributed by atoms with Gasteiger partial charge in [0.25, 0.3) is 5.91 Å². The van der Waals surface area contributed by atoms with Gasteiger partial charge in [-0.2, -0.15) is 0 Å². The molecule has 0 aliphatic rings. The van der Waals surface area contributed by atoms with Crippen molar-refractivity contribution in [3.8, 4) is 0 Å². The molecule has 108 valence electrons. The molecule has 2 rings (SSSR count). The zero-order valence-electron chi connectivity index (χ0n) is 11.6. The minimum Gasteiger partial charge on any atom is -0.478 e. The average molecular weight is 286 g/mol. The summed E-state index contributed by atoms with van der Waals surface area (Å²) in [6, 6.07) is 5.94. The Morgan fingerprint density at radius 2 is 1.86 bits per heavy atom. The van der Waals surface area contributed by atoms with Crippen molar-refractivity contribution >= 4 is 17.6 Å². The van der Waals surface area contributed by atoms with Crippen molar-refractivity contribution in [1.29, 1.82) is 0 Å². The summed E-state index contributed by atoms with van der Waals surface area (Å²) in [5.41, 5.74) is 1.03. The van der Waals surface area contributed by atoms with Crippen LogP contribution in [0.15, 0.2) is 35.3 Å². The molecule has 0 unspecified atom stereocenters. The summed E-state index contributed by atoms with van der Waals surface area (Å²) in [5.74, 6) is -1.80. The molecule has 0 aliphatic heterocycles. The van der Waals surface area contributed by atoms with Crippen LogP contribution in [-0.2, 0) is 0 Å². The van der Waals surface area contributed by atoms with Crippen LogP contribution in [0.2, 0.25) is 0 Å². The van der Waals surface area contributed by atoms with Gasteiger partial charge in [0.05, 0.1) is 11.3 Å². The van der Waals surface area contributed by atoms with Gasteiger partial charge in [-0.25, -0.2) is 4.79 Å². The fourth-order valence-electron chi connectivity index (χ4n) is 1.88. The predicted octanol–water partition coefficient (Wildman–Crippen LogP) is 1.94. The van der Waals surface area contributed by atoms with Crippen LogP contribution < -0.4 is 10.7 Å². The van der Waals surface area contributed by atoms with Gasteiger partial charge in [-0.3, -0.25) is 9.59 Å². The number of pyridine rings is 1. The molecule has 6 nitrogen and oxygen atoms in total. The SMILES string of the molecule is Cc1ccc(NC(=O)c2c[nH]c(C)cc2=O)c(C(=O)O)c1. The van der Waals surface area contributed by atoms with Crippen LogP contribution in [0.25, 0.3) is 0 Å². The van der Waals surface area contributed by atoms with Gasteiger partial charge in [-0.05, 0) is 26.0 Å². The largest absolute Gasteiger partial charge is 0.478 e. The number of amides is 1. The molecule has 1 aromatic heterocycles. The van der Waals surface area contributed by atoms with E-state index in [9.17, 15) is 14.4 Å². The first-order chi connectivity index (χ1) is 9.88. The Kier molecular flexibility index (Phi) is 3.89. The van der Waals surface area contributed by atoms with E-state index in [0.717, 1.165) is 5.56 Å². The number of H-pyrrole nitrogens is 1. The van der Waals surface area contributed by atoms with Gasteiger partial charge in [0, 0.05) is 18.0 Å². The summed E-state index contributed by atoms with van der Waals surface area (Å²) < 4.78 is 0. The number of anilines is 1. The van der Waals surface area contributed by atoms with E-state index in [4.69, 9.17) is 5.11 Å². The van der Waals surface area contributed by atoms with E-state index in [1.807, 2.05) is 0 Å². The summed E-state index contributed by atoms with van der Waals surface area (Å²) >= 11 is 0. The second-order valence-corrected chi connectivity index (χ2v) is 4.70. The van der Waals surface area contributed by atoms with Gasteiger partial charge in [0.2, 0.25) is 0 Å². The fraction of sp³-hybridized carbons (Fsp3) is 0.133. The second kappa shape index (κ2) is 5.62. The van der Waals surface area contributed by atoms with Crippen molar-refractivity contribution in [3.05, 3.63) is 63.1 Å². The average Bonchev–Trinajstić information content (AvgIpc) is 2.40. The summed E-state index contributed by atoms with van der Waals surface area (Å²) in [6.45, 7) is 3.45. The molecular formula is C15H14N2O4. The van der Waals surface area contributed by atoms with Gasteiger partial charge in [0.15, 0.2) is 5.43 Å². The lowest BCUT2D eigenvalue weighted by atomic mass is 10.1. The van der Waals surface area contributed by atoms with Gasteiger partial charge in [-0.1, -0.05) is 11.6 Å². The lowest BCUT2D eigenvalue weighted by Gasteiger charge is -2.09. The second-order valence-electron chi connectivity index (χ2n) is 4.70. The van der Waals surface area contributed by atoms with E-state index in [2.05, 4.69) is 10.3 Å². The Morgan fingerprint density at radius 3 is 2.48 bits per heavy atom. The van der Waals surface area contributed by atoms with Crippen molar-refractivity contribution in [1.82, 2.24) is 4.98 Å². The van der Waals surface area contributed by atoms with Crippen LogP contribution in [-0.4, -0.2) is 22.0 Å². The Balaban J connectivity index is 2.36. The third-order valence-electron chi connectivity index (χ3n) is 2.96. The van der Waals surface area contributed by atoms with Crippen molar-refractivity contribution in [3.63, 3.8) is 0 Å². The summed E-state index contributed by atoms with van der Waals surface area (Å²) in [7, 11) is 0. The highest BCUT2D eigenvalue weighted by molar-refractivity contribution is 6.07. The molecule has 0 atom stereocenters. The highest BCUT2D eigenvalue weighted by Crippen LogP contribution is 2.18. The van der Waals surface area contributed by atoms with Gasteiger partial charge in [-0.15, -0.1) is 0 Å². The number of aromatic carboxylic acids is 1. The molecule has 3 N–H and O–H groups in total. The van der Waals surface area contributed by atoms with Crippen LogP contribution >= 0.6 is 0 Å². The van der Waals surface area contributed by atoms with Crippen LogP contribution in [0.5, 0.6) is 0 Å². The molecule has 21 heavy (non-hydrogen) atoms. The third-order valence-corrected chi connectivity index (χ3v) is 2.96. The molecule has 0 spiro atoms. The Labute approximate surface area is 120 Å². The minimum absolute atomic E-state index is 0.0214. The molecule has 1 heterocycles. The smallest absolute Gasteiger partial charge is 0.337 e. The number of rotatable bonds is 3. The number of carbonyl (C=O) groups excluding carboxylic acids is 1. The van der Waals surface area contributed by atoms with E-state index in [1.54, 1.807) is 19.9 Å². The number of hydrogen-bond donors (Lipinski definition) is 3. The van der Waals surface area contributed by atoms with Crippen LogP contribution in [0.4, 0.5) is 5.69 Å². The molecule has 0 radical (unpaired) electrons. The van der Waals surface area contributed by atoms with E-state index < -0.39 is 17.3 Å². The van der Waals surface area contributed by atoms with Crippen molar-refractivity contribution in [2.75, 3.05) is 5.32 Å². The maximum Gasteiger partial charge on any atom is 0.337 e. The lowest BCUT2D eigenvalue weighted by Crippen LogP contribution is -2.22. The van der Waals surface area contributed by atoms with E-state index in [-0.39, 0.29) is 16.8 Å². The number of carbonyl (C=O) groups is 2. The standard InChI is InChI=1S/C15H14N2O4/c1-8-3-4-12(10(5-8)15(20)21)17-14(19)11-7-16-9(2)6-13(11)18/h3-7H,1-2H3,(H,16,18)(H,17,19)(H,20,21). The highest BCUT2D eigenvalue weighted by atomic mass is 16.4. The van der Waals surface area contributed by atoms with E-state index >= 15 is 0 Å². The maximum absolute atomic E-state index is 12.1. The zero-order chi connectivity index (χ0) is 15.6. The van der Waals surface area contributed by atoms with Crippen LogP contribution in [0.3, 0.4) is 0 Å². The topological polar surface area (TPSA) is 99.3 Å². The minimum atomic E-state index is -1.15. The van der Waals surface area contributed by atoms with Gasteiger partial charge in [0.1, 0.15) is 5.56 Å². The molecule has 0 fully saturated rings. The molecule has 0 aliphatic carbocycles. The first-order valence-electron chi connectivity index (χ1n) is 6.23. The molecule has 6 heteroatoms. The summed E-state index contributed by atoms with van der Waals surface area (Å²) in [4.78, 5) is 37.8. The summed E-state index contributed by atoms with van der Waals surface area (Å²) in [6.07, 6.45) is 1.31. The molecule has 1 aromatic carbocycles. The Hall–Kier alpha value is -2.89. The van der Waals surface area contributed by atoms with Crippen LogP contribution in [0, 0.1) is 13.8 Å². The molecule has 0 bridgehead atoms. The first-order valence-corrected chi connectivity index (χ1v) is 6.23. The summed E-state index contributed by atoms with van der Waals surface area (Å²) in [5, 5.41) is 11.6. The van der Waals surface area contributed by atoms with E-state index in [1.165, 1.54) is 24.4 Å². The number of carboxylic acid groups (broad SMARTS) is 1. The fourth-order valence-corrected chi connectivity index (χ4v) is 1.88. The molecule has 1 amide bonds. The predicted molar refractivity (Wildman–Crippen MR) is 77.9 cm³/mol. The number of benzene rings is 1. The number of nitrogens with one attached hydrogen (secondary N) is 2. The van der Waals surface area contributed by atoms with Gasteiger partial charge < -0.3 is 15.4 Å². The number of aryl methyl sites for hydroxylation is 2. The number of carboxylic acids is 1. The van der Waals surface area contributed by atoms with Crippen molar-refractivity contribution in [2.45, 2.75) is 13.8 Å². The maximum atomic E-state index is 12.1. The number of aromatic amines is 1.